The Balaban J connectivity index is 1.93. The first-order valence-corrected chi connectivity index (χ1v) is 6.81. The molecule has 1 heterocycles. The van der Waals surface area contributed by atoms with Gasteiger partial charge < -0.3 is 0 Å². The predicted molar refractivity (Wildman–Crippen MR) is 81.0 cm³/mol. The predicted octanol–water partition coefficient (Wildman–Crippen LogP) is 3.62. The molecule has 0 saturated carbocycles. The molecule has 0 aromatic heterocycles. The number of nitrogens with zero attached hydrogens (tertiary/aromatic N) is 2. The molecular weight excluding hydrogens is 311 g/mol. The van der Waals surface area contributed by atoms with Crippen molar-refractivity contribution in [2.75, 3.05) is 0 Å². The van der Waals surface area contributed by atoms with Gasteiger partial charge in [-0.2, -0.15) is 10.1 Å². The smallest absolute Gasteiger partial charge is 0.267 e. The summed E-state index contributed by atoms with van der Waals surface area (Å²) in [5.74, 6) is -0.907. The molecule has 21 heavy (non-hydrogen) atoms. The fraction of sp³-hybridized carbons (Fsp3) is 0. The lowest BCUT2D eigenvalue weighted by atomic mass is 10.1. The SMILES string of the molecule is O=C1c2ccccc2C(=O)N1/N=C\c1cccc(Cl)c1Cl. The van der Waals surface area contributed by atoms with Crippen LogP contribution in [-0.2, 0) is 0 Å². The highest BCUT2D eigenvalue weighted by Crippen LogP contribution is 2.25. The summed E-state index contributed by atoms with van der Waals surface area (Å²) in [6.45, 7) is 0. The van der Waals surface area contributed by atoms with Crippen LogP contribution in [0.1, 0.15) is 26.3 Å². The van der Waals surface area contributed by atoms with Crippen LogP contribution in [0.5, 0.6) is 0 Å². The number of rotatable bonds is 2. The second-order valence-electron chi connectivity index (χ2n) is 4.36. The van der Waals surface area contributed by atoms with Gasteiger partial charge >= 0.3 is 0 Å². The minimum atomic E-state index is -0.454. The van der Waals surface area contributed by atoms with Crippen LogP contribution in [0.25, 0.3) is 0 Å². The first-order valence-electron chi connectivity index (χ1n) is 6.05. The van der Waals surface area contributed by atoms with Crippen LogP contribution in [0.4, 0.5) is 0 Å². The zero-order chi connectivity index (χ0) is 15.0. The normalized spacial score (nSPS) is 14.1. The largest absolute Gasteiger partial charge is 0.282 e. The third-order valence-electron chi connectivity index (χ3n) is 3.07. The monoisotopic (exact) mass is 318 g/mol. The highest BCUT2D eigenvalue weighted by atomic mass is 35.5. The van der Waals surface area contributed by atoms with Crippen molar-refractivity contribution in [1.82, 2.24) is 5.01 Å². The van der Waals surface area contributed by atoms with Crippen molar-refractivity contribution in [2.24, 2.45) is 5.10 Å². The Morgan fingerprint density at radius 2 is 1.52 bits per heavy atom. The Morgan fingerprint density at radius 1 is 0.905 bits per heavy atom. The molecule has 0 aliphatic carbocycles. The van der Waals surface area contributed by atoms with Crippen molar-refractivity contribution in [3.05, 3.63) is 69.2 Å². The second kappa shape index (κ2) is 5.31. The van der Waals surface area contributed by atoms with Crippen molar-refractivity contribution in [2.45, 2.75) is 0 Å². The average Bonchev–Trinajstić information content (AvgIpc) is 2.73. The van der Waals surface area contributed by atoms with E-state index in [1.165, 1.54) is 6.21 Å². The Hall–Kier alpha value is -2.17. The van der Waals surface area contributed by atoms with Crippen LogP contribution >= 0.6 is 23.2 Å². The first kappa shape index (κ1) is 13.8. The lowest BCUT2D eigenvalue weighted by Gasteiger charge is -2.06. The van der Waals surface area contributed by atoms with Crippen molar-refractivity contribution >= 4 is 41.2 Å². The van der Waals surface area contributed by atoms with Crippen LogP contribution in [0.15, 0.2) is 47.6 Å². The Morgan fingerprint density at radius 3 is 2.14 bits per heavy atom. The van der Waals surface area contributed by atoms with E-state index in [2.05, 4.69) is 5.10 Å². The average molecular weight is 319 g/mol. The van der Waals surface area contributed by atoms with Gasteiger partial charge in [-0.15, -0.1) is 0 Å². The topological polar surface area (TPSA) is 49.7 Å². The molecule has 0 atom stereocenters. The Bertz CT molecular complexity index is 752. The van der Waals surface area contributed by atoms with E-state index >= 15 is 0 Å². The highest BCUT2D eigenvalue weighted by molar-refractivity contribution is 6.43. The third kappa shape index (κ3) is 2.33. The van der Waals surface area contributed by atoms with Gasteiger partial charge in [0.05, 0.1) is 27.4 Å². The Labute approximate surface area is 130 Å². The molecule has 0 saturated heterocycles. The van der Waals surface area contributed by atoms with E-state index in [0.29, 0.717) is 26.7 Å². The molecule has 0 radical (unpaired) electrons. The number of fused-ring (bicyclic) bond motifs is 1. The van der Waals surface area contributed by atoms with Crippen LogP contribution in [-0.4, -0.2) is 23.0 Å². The maximum absolute atomic E-state index is 12.1. The number of amides is 2. The van der Waals surface area contributed by atoms with E-state index in [1.807, 2.05) is 0 Å². The minimum Gasteiger partial charge on any atom is -0.267 e. The summed E-state index contributed by atoms with van der Waals surface area (Å²) in [6, 6.07) is 11.6. The number of carbonyl (C=O) groups is 2. The maximum Gasteiger partial charge on any atom is 0.282 e. The molecular formula is C15H8Cl2N2O2. The van der Waals surface area contributed by atoms with Gasteiger partial charge in [-0.05, 0) is 18.2 Å². The van der Waals surface area contributed by atoms with Gasteiger partial charge in [-0.3, -0.25) is 9.59 Å². The fourth-order valence-corrected chi connectivity index (χ4v) is 2.38. The summed E-state index contributed by atoms with van der Waals surface area (Å²) in [7, 11) is 0. The van der Waals surface area contributed by atoms with E-state index < -0.39 is 11.8 Å². The fourth-order valence-electron chi connectivity index (χ4n) is 2.02. The molecule has 4 nitrogen and oxygen atoms in total. The number of carbonyl (C=O) groups excluding carboxylic acids is 2. The minimum absolute atomic E-state index is 0.319. The molecule has 2 aromatic rings. The van der Waals surface area contributed by atoms with E-state index in [4.69, 9.17) is 23.2 Å². The lowest BCUT2D eigenvalue weighted by molar-refractivity contribution is 0.0660. The number of hydrazone groups is 1. The molecule has 2 amide bonds. The summed E-state index contributed by atoms with van der Waals surface area (Å²) in [6.07, 6.45) is 1.34. The maximum atomic E-state index is 12.1. The second-order valence-corrected chi connectivity index (χ2v) is 5.14. The van der Waals surface area contributed by atoms with Gasteiger partial charge in [-0.25, -0.2) is 0 Å². The summed E-state index contributed by atoms with van der Waals surface area (Å²) < 4.78 is 0. The molecule has 0 fully saturated rings. The quantitative estimate of drug-likeness (QED) is 0.627. The number of halogens is 2. The zero-order valence-electron chi connectivity index (χ0n) is 10.6. The number of hydrogen-bond acceptors (Lipinski definition) is 3. The van der Waals surface area contributed by atoms with Crippen molar-refractivity contribution in [3.8, 4) is 0 Å². The highest BCUT2D eigenvalue weighted by Gasteiger charge is 2.35. The summed E-state index contributed by atoms with van der Waals surface area (Å²) >= 11 is 11.9. The number of benzene rings is 2. The Kier molecular flexibility index (Phi) is 3.49. The van der Waals surface area contributed by atoms with Crippen molar-refractivity contribution in [3.63, 3.8) is 0 Å². The van der Waals surface area contributed by atoms with E-state index in [0.717, 1.165) is 5.01 Å². The molecule has 6 heteroatoms. The van der Waals surface area contributed by atoms with Gasteiger partial charge in [0.25, 0.3) is 11.8 Å². The van der Waals surface area contributed by atoms with Crippen molar-refractivity contribution in [1.29, 1.82) is 0 Å². The standard InChI is InChI=1S/C15H8Cl2N2O2/c16-12-7-3-4-9(13(12)17)8-18-19-14(20)10-5-1-2-6-11(10)15(19)21/h1-8H/b18-8-. The molecule has 0 N–H and O–H groups in total. The van der Waals surface area contributed by atoms with Gasteiger partial charge in [0.2, 0.25) is 0 Å². The molecule has 0 spiro atoms. The van der Waals surface area contributed by atoms with Crippen LogP contribution in [0.3, 0.4) is 0 Å². The number of imide groups is 1. The zero-order valence-corrected chi connectivity index (χ0v) is 12.1. The summed E-state index contributed by atoms with van der Waals surface area (Å²) in [5, 5.41) is 5.46. The van der Waals surface area contributed by atoms with E-state index in [1.54, 1.807) is 42.5 Å². The molecule has 3 rings (SSSR count). The van der Waals surface area contributed by atoms with Crippen LogP contribution in [0.2, 0.25) is 10.0 Å². The lowest BCUT2D eigenvalue weighted by Crippen LogP contribution is -2.24. The molecule has 104 valence electrons. The molecule has 1 aliphatic rings. The molecule has 2 aromatic carbocycles. The van der Waals surface area contributed by atoms with Crippen LogP contribution < -0.4 is 0 Å². The van der Waals surface area contributed by atoms with Crippen LogP contribution in [0, 0.1) is 0 Å². The number of hydrogen-bond donors (Lipinski definition) is 0. The molecule has 0 unspecified atom stereocenters. The van der Waals surface area contributed by atoms with Gasteiger partial charge in [0.1, 0.15) is 0 Å². The van der Waals surface area contributed by atoms with E-state index in [-0.39, 0.29) is 0 Å². The van der Waals surface area contributed by atoms with Gasteiger partial charge in [-0.1, -0.05) is 47.5 Å². The van der Waals surface area contributed by atoms with Crippen molar-refractivity contribution < 1.29 is 9.59 Å². The molecule has 1 aliphatic heterocycles. The van der Waals surface area contributed by atoms with Gasteiger partial charge in [0.15, 0.2) is 0 Å². The summed E-state index contributed by atoms with van der Waals surface area (Å²) in [5.41, 5.74) is 1.22. The summed E-state index contributed by atoms with van der Waals surface area (Å²) in [4.78, 5) is 24.2. The van der Waals surface area contributed by atoms with Gasteiger partial charge in [0, 0.05) is 5.56 Å². The molecule has 0 bridgehead atoms. The first-order chi connectivity index (χ1) is 10.1. The third-order valence-corrected chi connectivity index (χ3v) is 3.90. The van der Waals surface area contributed by atoms with E-state index in [9.17, 15) is 9.59 Å².